The number of aromatic nitrogens is 2. The molecule has 1 aromatic rings. The molecule has 1 aliphatic rings. The maximum Gasteiger partial charge on any atom is 0.0828 e. The van der Waals surface area contributed by atoms with Crippen molar-refractivity contribution in [1.29, 1.82) is 0 Å². The molecule has 0 radical (unpaired) electrons. The van der Waals surface area contributed by atoms with Gasteiger partial charge in [0.2, 0.25) is 0 Å². The number of hydrogen-bond acceptors (Lipinski definition) is 2. The van der Waals surface area contributed by atoms with Crippen LogP contribution in [0.5, 0.6) is 0 Å². The molecule has 1 N–H and O–H groups in total. The quantitative estimate of drug-likeness (QED) is 0.875. The molecule has 2 rings (SSSR count). The van der Waals surface area contributed by atoms with Crippen molar-refractivity contribution in [1.82, 2.24) is 9.78 Å². The Bertz CT molecular complexity index is 429. The molecule has 1 aliphatic carbocycles. The number of rotatable bonds is 3. The molecule has 1 saturated carbocycles. The van der Waals surface area contributed by atoms with Crippen molar-refractivity contribution in [3.8, 4) is 0 Å². The summed E-state index contributed by atoms with van der Waals surface area (Å²) in [4.78, 5) is 0. The Kier molecular flexibility index (Phi) is 3.43. The fraction of sp³-hybridized carbons (Fsp3) is 0.800. The van der Waals surface area contributed by atoms with Crippen LogP contribution in [0.1, 0.15) is 64.4 Å². The van der Waals surface area contributed by atoms with E-state index >= 15 is 0 Å². The van der Waals surface area contributed by atoms with Gasteiger partial charge in [-0.05, 0) is 52.4 Å². The molecule has 3 heteroatoms. The van der Waals surface area contributed by atoms with Gasteiger partial charge in [0.05, 0.1) is 17.1 Å². The molecule has 0 bridgehead atoms. The fourth-order valence-corrected chi connectivity index (χ4v) is 3.14. The predicted octanol–water partition coefficient (Wildman–Crippen LogP) is 4.07. The van der Waals surface area contributed by atoms with E-state index < -0.39 is 0 Å². The normalized spacial score (nSPS) is 22.7. The van der Waals surface area contributed by atoms with Crippen molar-refractivity contribution in [3.63, 3.8) is 0 Å². The number of aryl methyl sites for hydroxylation is 1. The van der Waals surface area contributed by atoms with Gasteiger partial charge < -0.3 is 5.32 Å². The highest BCUT2D eigenvalue weighted by molar-refractivity contribution is 5.53. The molecule has 1 fully saturated rings. The lowest BCUT2D eigenvalue weighted by Crippen LogP contribution is -2.18. The van der Waals surface area contributed by atoms with E-state index in [9.17, 15) is 0 Å². The summed E-state index contributed by atoms with van der Waals surface area (Å²) in [7, 11) is 0. The first-order chi connectivity index (χ1) is 8.30. The summed E-state index contributed by atoms with van der Waals surface area (Å²) >= 11 is 0. The van der Waals surface area contributed by atoms with Gasteiger partial charge in [0.25, 0.3) is 0 Å². The Morgan fingerprint density at radius 3 is 2.44 bits per heavy atom. The Balaban J connectivity index is 2.15. The lowest BCUT2D eigenvalue weighted by Gasteiger charge is -2.19. The van der Waals surface area contributed by atoms with Crippen molar-refractivity contribution < 1.29 is 0 Å². The molecule has 102 valence electrons. The van der Waals surface area contributed by atoms with Gasteiger partial charge in [0.1, 0.15) is 0 Å². The van der Waals surface area contributed by atoms with Crippen molar-refractivity contribution in [2.75, 3.05) is 5.32 Å². The molecular formula is C15H27N3. The first-order valence-corrected chi connectivity index (χ1v) is 7.12. The summed E-state index contributed by atoms with van der Waals surface area (Å²) in [5.74, 6) is 0. The molecule has 1 atom stereocenters. The topological polar surface area (TPSA) is 29.9 Å². The number of anilines is 1. The van der Waals surface area contributed by atoms with Crippen LogP contribution in [0.25, 0.3) is 0 Å². The van der Waals surface area contributed by atoms with E-state index in [-0.39, 0.29) is 0 Å². The second-order valence-corrected chi connectivity index (χ2v) is 6.83. The SMILES string of the molecule is Cc1nn(C(C)C)c(C)c1NC1CCC(C)(C)C1. The second-order valence-electron chi connectivity index (χ2n) is 6.83. The van der Waals surface area contributed by atoms with Crippen LogP contribution in [0.3, 0.4) is 0 Å². The van der Waals surface area contributed by atoms with E-state index in [0.717, 1.165) is 5.69 Å². The van der Waals surface area contributed by atoms with Crippen LogP contribution < -0.4 is 5.32 Å². The van der Waals surface area contributed by atoms with Crippen molar-refractivity contribution in [2.45, 2.75) is 72.9 Å². The third-order valence-corrected chi connectivity index (χ3v) is 4.13. The van der Waals surface area contributed by atoms with Crippen molar-refractivity contribution >= 4 is 5.69 Å². The van der Waals surface area contributed by atoms with E-state index in [1.165, 1.54) is 30.6 Å². The summed E-state index contributed by atoms with van der Waals surface area (Å²) in [6.07, 6.45) is 3.86. The third kappa shape index (κ3) is 2.55. The van der Waals surface area contributed by atoms with Gasteiger partial charge in [-0.1, -0.05) is 13.8 Å². The summed E-state index contributed by atoms with van der Waals surface area (Å²) in [6.45, 7) is 13.4. The third-order valence-electron chi connectivity index (χ3n) is 4.13. The van der Waals surface area contributed by atoms with Gasteiger partial charge in [0, 0.05) is 12.1 Å². The van der Waals surface area contributed by atoms with E-state index in [0.29, 0.717) is 17.5 Å². The van der Waals surface area contributed by atoms with Crippen LogP contribution in [-0.4, -0.2) is 15.8 Å². The van der Waals surface area contributed by atoms with Crippen molar-refractivity contribution in [3.05, 3.63) is 11.4 Å². The zero-order valence-electron chi connectivity index (χ0n) is 12.7. The molecule has 1 unspecified atom stereocenters. The molecule has 0 aromatic carbocycles. The minimum Gasteiger partial charge on any atom is -0.379 e. The molecule has 0 amide bonds. The molecule has 0 saturated heterocycles. The molecule has 3 nitrogen and oxygen atoms in total. The first kappa shape index (κ1) is 13.4. The molecule has 0 aliphatic heterocycles. The lowest BCUT2D eigenvalue weighted by atomic mass is 9.92. The van der Waals surface area contributed by atoms with Crippen molar-refractivity contribution in [2.24, 2.45) is 5.41 Å². The zero-order chi connectivity index (χ0) is 13.5. The average molecular weight is 249 g/mol. The van der Waals surface area contributed by atoms with Crippen LogP contribution in [0, 0.1) is 19.3 Å². The summed E-state index contributed by atoms with van der Waals surface area (Å²) in [5.41, 5.74) is 4.15. The monoisotopic (exact) mass is 249 g/mol. The Labute approximate surface area is 111 Å². The van der Waals surface area contributed by atoms with Crippen LogP contribution in [0.2, 0.25) is 0 Å². The summed E-state index contributed by atoms with van der Waals surface area (Å²) < 4.78 is 2.12. The van der Waals surface area contributed by atoms with Crippen LogP contribution in [0.15, 0.2) is 0 Å². The minimum atomic E-state index is 0.430. The Hall–Kier alpha value is -0.990. The average Bonchev–Trinajstić information content (AvgIpc) is 2.72. The van der Waals surface area contributed by atoms with Gasteiger partial charge in [-0.2, -0.15) is 5.10 Å². The molecule has 18 heavy (non-hydrogen) atoms. The Morgan fingerprint density at radius 2 is 2.00 bits per heavy atom. The first-order valence-electron chi connectivity index (χ1n) is 7.12. The highest BCUT2D eigenvalue weighted by Crippen LogP contribution is 2.39. The molecule has 1 aromatic heterocycles. The van der Waals surface area contributed by atoms with Gasteiger partial charge in [0.15, 0.2) is 0 Å². The number of hydrogen-bond donors (Lipinski definition) is 1. The van der Waals surface area contributed by atoms with Gasteiger partial charge in [-0.25, -0.2) is 0 Å². The van der Waals surface area contributed by atoms with Gasteiger partial charge in [-0.3, -0.25) is 4.68 Å². The van der Waals surface area contributed by atoms with E-state index in [4.69, 9.17) is 0 Å². The maximum absolute atomic E-state index is 4.64. The van der Waals surface area contributed by atoms with Crippen LogP contribution in [-0.2, 0) is 0 Å². The molecule has 0 spiro atoms. The molecular weight excluding hydrogens is 222 g/mol. The Morgan fingerprint density at radius 1 is 1.33 bits per heavy atom. The smallest absolute Gasteiger partial charge is 0.0828 e. The largest absolute Gasteiger partial charge is 0.379 e. The maximum atomic E-state index is 4.64. The molecule has 1 heterocycles. The lowest BCUT2D eigenvalue weighted by molar-refractivity contribution is 0.378. The van der Waals surface area contributed by atoms with Gasteiger partial charge >= 0.3 is 0 Å². The van der Waals surface area contributed by atoms with E-state index in [2.05, 4.69) is 56.6 Å². The minimum absolute atomic E-state index is 0.430. The number of nitrogens with one attached hydrogen (secondary N) is 1. The number of nitrogens with zero attached hydrogens (tertiary/aromatic N) is 2. The van der Waals surface area contributed by atoms with Gasteiger partial charge in [-0.15, -0.1) is 0 Å². The van der Waals surface area contributed by atoms with E-state index in [1.54, 1.807) is 0 Å². The highest BCUT2D eigenvalue weighted by atomic mass is 15.3. The summed E-state index contributed by atoms with van der Waals surface area (Å²) in [5, 5.41) is 8.37. The predicted molar refractivity (Wildman–Crippen MR) is 77.1 cm³/mol. The second kappa shape index (κ2) is 4.60. The van der Waals surface area contributed by atoms with Crippen LogP contribution >= 0.6 is 0 Å². The standard InChI is InChI=1S/C15H27N3/c1-10(2)18-12(4)14(11(3)17-18)16-13-7-8-15(5,6)9-13/h10,13,16H,7-9H2,1-6H3. The summed E-state index contributed by atoms with van der Waals surface area (Å²) in [6, 6.07) is 1.04. The zero-order valence-corrected chi connectivity index (χ0v) is 12.7. The fourth-order valence-electron chi connectivity index (χ4n) is 3.14. The highest BCUT2D eigenvalue weighted by Gasteiger charge is 2.31. The van der Waals surface area contributed by atoms with E-state index in [1.807, 2.05) is 0 Å². The van der Waals surface area contributed by atoms with Crippen LogP contribution in [0.4, 0.5) is 5.69 Å².